The average molecular weight is 321 g/mol. The van der Waals surface area contributed by atoms with Crippen LogP contribution in [0.4, 0.5) is 13.2 Å². The molecule has 0 aliphatic rings. The first-order chi connectivity index (χ1) is 10.8. The first-order valence-corrected chi connectivity index (χ1v) is 7.82. The maximum atomic E-state index is 12.7. The molecule has 0 fully saturated rings. The Kier molecular flexibility index (Phi) is 5.47. The summed E-state index contributed by atoms with van der Waals surface area (Å²) in [5.74, 6) is 0. The molecule has 2 atom stereocenters. The summed E-state index contributed by atoms with van der Waals surface area (Å²) in [7, 11) is 0. The SMILES string of the molecule is CCN([C@@H](C)c1ccccc1)[C@@H](C)c1ccc(C(F)(F)F)cc1. The Hall–Kier alpha value is -1.81. The molecule has 0 saturated carbocycles. The van der Waals surface area contributed by atoms with Gasteiger partial charge in [-0.1, -0.05) is 49.4 Å². The minimum atomic E-state index is -4.29. The van der Waals surface area contributed by atoms with Gasteiger partial charge in [0.2, 0.25) is 0 Å². The standard InChI is InChI=1S/C19H22F3N/c1-4-23(14(2)16-8-6-5-7-9-16)15(3)17-10-12-18(13-11-17)19(20,21)22/h5-15H,4H2,1-3H3/t14-,15-/m0/s1. The molecule has 124 valence electrons. The van der Waals surface area contributed by atoms with Crippen molar-refractivity contribution in [2.24, 2.45) is 0 Å². The van der Waals surface area contributed by atoms with Gasteiger partial charge in [0.05, 0.1) is 5.56 Å². The van der Waals surface area contributed by atoms with E-state index < -0.39 is 11.7 Å². The zero-order chi connectivity index (χ0) is 17.0. The number of nitrogens with zero attached hydrogens (tertiary/aromatic N) is 1. The van der Waals surface area contributed by atoms with Crippen LogP contribution in [-0.4, -0.2) is 11.4 Å². The predicted molar refractivity (Wildman–Crippen MR) is 87.1 cm³/mol. The zero-order valence-electron chi connectivity index (χ0n) is 13.6. The van der Waals surface area contributed by atoms with Crippen molar-refractivity contribution in [2.45, 2.75) is 39.0 Å². The van der Waals surface area contributed by atoms with Gasteiger partial charge >= 0.3 is 6.18 Å². The summed E-state index contributed by atoms with van der Waals surface area (Å²) >= 11 is 0. The topological polar surface area (TPSA) is 3.24 Å². The third kappa shape index (κ3) is 4.14. The molecule has 0 bridgehead atoms. The van der Waals surface area contributed by atoms with E-state index in [4.69, 9.17) is 0 Å². The number of halogens is 3. The summed E-state index contributed by atoms with van der Waals surface area (Å²) in [6, 6.07) is 15.8. The first kappa shape index (κ1) is 17.5. The van der Waals surface area contributed by atoms with Gasteiger partial charge in [-0.2, -0.15) is 13.2 Å². The average Bonchev–Trinajstić information content (AvgIpc) is 2.55. The summed E-state index contributed by atoms with van der Waals surface area (Å²) < 4.78 is 38.1. The minimum Gasteiger partial charge on any atom is -0.290 e. The number of hydrogen-bond acceptors (Lipinski definition) is 1. The van der Waals surface area contributed by atoms with E-state index in [1.54, 1.807) is 12.1 Å². The highest BCUT2D eigenvalue weighted by atomic mass is 19.4. The molecular formula is C19H22F3N. The molecule has 0 unspecified atom stereocenters. The highest BCUT2D eigenvalue weighted by molar-refractivity contribution is 5.27. The van der Waals surface area contributed by atoms with Gasteiger partial charge in [0.1, 0.15) is 0 Å². The van der Waals surface area contributed by atoms with Gasteiger partial charge in [0.25, 0.3) is 0 Å². The number of alkyl halides is 3. The van der Waals surface area contributed by atoms with Gasteiger partial charge in [-0.3, -0.25) is 4.90 Å². The Balaban J connectivity index is 2.21. The monoisotopic (exact) mass is 321 g/mol. The van der Waals surface area contributed by atoms with Crippen LogP contribution in [0.25, 0.3) is 0 Å². The van der Waals surface area contributed by atoms with Crippen molar-refractivity contribution in [3.8, 4) is 0 Å². The van der Waals surface area contributed by atoms with Gasteiger partial charge in [-0.25, -0.2) is 0 Å². The molecule has 0 aromatic heterocycles. The number of hydrogen-bond donors (Lipinski definition) is 0. The molecule has 1 nitrogen and oxygen atoms in total. The number of benzene rings is 2. The van der Waals surface area contributed by atoms with Crippen molar-refractivity contribution >= 4 is 0 Å². The smallest absolute Gasteiger partial charge is 0.290 e. The molecule has 0 saturated heterocycles. The van der Waals surface area contributed by atoms with Crippen LogP contribution < -0.4 is 0 Å². The van der Waals surface area contributed by atoms with Gasteiger partial charge in [0.15, 0.2) is 0 Å². The van der Waals surface area contributed by atoms with Crippen LogP contribution >= 0.6 is 0 Å². The predicted octanol–water partition coefficient (Wildman–Crippen LogP) is 5.85. The fourth-order valence-corrected chi connectivity index (χ4v) is 2.95. The van der Waals surface area contributed by atoms with Crippen LogP contribution in [0.3, 0.4) is 0 Å². The maximum absolute atomic E-state index is 12.7. The third-order valence-corrected chi connectivity index (χ3v) is 4.36. The molecule has 0 aliphatic heterocycles. The minimum absolute atomic E-state index is 0.0393. The quantitative estimate of drug-likeness (QED) is 0.667. The van der Waals surface area contributed by atoms with E-state index in [9.17, 15) is 13.2 Å². The van der Waals surface area contributed by atoms with Crippen molar-refractivity contribution in [1.82, 2.24) is 4.90 Å². The fraction of sp³-hybridized carbons (Fsp3) is 0.368. The summed E-state index contributed by atoms with van der Waals surface area (Å²) in [6.07, 6.45) is -4.29. The molecule has 0 amide bonds. The van der Waals surface area contributed by atoms with E-state index in [0.717, 1.165) is 24.2 Å². The molecule has 2 rings (SSSR count). The lowest BCUT2D eigenvalue weighted by molar-refractivity contribution is -0.137. The molecule has 0 N–H and O–H groups in total. The molecule has 0 aliphatic carbocycles. The van der Waals surface area contributed by atoms with E-state index >= 15 is 0 Å². The lowest BCUT2D eigenvalue weighted by Gasteiger charge is -2.34. The fourth-order valence-electron chi connectivity index (χ4n) is 2.95. The Morgan fingerprint density at radius 2 is 1.30 bits per heavy atom. The van der Waals surface area contributed by atoms with Crippen molar-refractivity contribution < 1.29 is 13.2 Å². The van der Waals surface area contributed by atoms with Crippen LogP contribution in [0.15, 0.2) is 54.6 Å². The zero-order valence-corrected chi connectivity index (χ0v) is 13.6. The van der Waals surface area contributed by atoms with Crippen LogP contribution in [-0.2, 0) is 6.18 Å². The third-order valence-electron chi connectivity index (χ3n) is 4.36. The Morgan fingerprint density at radius 3 is 1.74 bits per heavy atom. The van der Waals surface area contributed by atoms with Crippen molar-refractivity contribution in [1.29, 1.82) is 0 Å². The van der Waals surface area contributed by atoms with Crippen molar-refractivity contribution in [2.75, 3.05) is 6.54 Å². The highest BCUT2D eigenvalue weighted by Gasteiger charge is 2.30. The van der Waals surface area contributed by atoms with E-state index in [-0.39, 0.29) is 12.1 Å². The van der Waals surface area contributed by atoms with Gasteiger partial charge in [-0.05, 0) is 43.7 Å². The second-order valence-electron chi connectivity index (χ2n) is 5.71. The highest BCUT2D eigenvalue weighted by Crippen LogP contribution is 2.33. The van der Waals surface area contributed by atoms with Crippen molar-refractivity contribution in [3.05, 3.63) is 71.3 Å². The van der Waals surface area contributed by atoms with Gasteiger partial charge < -0.3 is 0 Å². The first-order valence-electron chi connectivity index (χ1n) is 7.82. The molecular weight excluding hydrogens is 299 g/mol. The van der Waals surface area contributed by atoms with Gasteiger partial charge in [-0.15, -0.1) is 0 Å². The van der Waals surface area contributed by atoms with Crippen LogP contribution in [0.2, 0.25) is 0 Å². The van der Waals surface area contributed by atoms with Crippen LogP contribution in [0.5, 0.6) is 0 Å². The molecule has 2 aromatic carbocycles. The Bertz CT molecular complexity index is 605. The lowest BCUT2D eigenvalue weighted by Crippen LogP contribution is -2.29. The van der Waals surface area contributed by atoms with Gasteiger partial charge in [0, 0.05) is 12.1 Å². The molecule has 2 aromatic rings. The van der Waals surface area contributed by atoms with Crippen LogP contribution in [0.1, 0.15) is 49.5 Å². The van der Waals surface area contributed by atoms with E-state index in [1.165, 1.54) is 5.56 Å². The van der Waals surface area contributed by atoms with E-state index in [1.807, 2.05) is 25.1 Å². The molecule has 4 heteroatoms. The summed E-state index contributed by atoms with van der Waals surface area (Å²) in [5.41, 5.74) is 1.49. The number of rotatable bonds is 5. The molecule has 0 heterocycles. The Morgan fingerprint density at radius 1 is 0.826 bits per heavy atom. The molecule has 23 heavy (non-hydrogen) atoms. The van der Waals surface area contributed by atoms with Crippen LogP contribution in [0, 0.1) is 0 Å². The maximum Gasteiger partial charge on any atom is 0.416 e. The summed E-state index contributed by atoms with van der Waals surface area (Å²) in [6.45, 7) is 7.04. The normalized spacial score (nSPS) is 14.7. The molecule has 0 radical (unpaired) electrons. The van der Waals surface area contributed by atoms with E-state index in [0.29, 0.717) is 0 Å². The Labute approximate surface area is 135 Å². The molecule has 0 spiro atoms. The van der Waals surface area contributed by atoms with Crippen molar-refractivity contribution in [3.63, 3.8) is 0 Å². The second-order valence-corrected chi connectivity index (χ2v) is 5.71. The summed E-state index contributed by atoms with van der Waals surface area (Å²) in [5, 5.41) is 0. The summed E-state index contributed by atoms with van der Waals surface area (Å²) in [4.78, 5) is 2.28. The lowest BCUT2D eigenvalue weighted by atomic mass is 10.0. The van der Waals surface area contributed by atoms with E-state index in [2.05, 4.69) is 30.9 Å². The largest absolute Gasteiger partial charge is 0.416 e. The second kappa shape index (κ2) is 7.18.